The van der Waals surface area contributed by atoms with E-state index >= 15 is 0 Å². The molecule has 0 saturated heterocycles. The van der Waals surface area contributed by atoms with Crippen molar-refractivity contribution in [2.24, 2.45) is 5.92 Å². The second kappa shape index (κ2) is 2.95. The number of pyridine rings is 1. The van der Waals surface area contributed by atoms with Crippen molar-refractivity contribution >= 4 is 11.6 Å². The van der Waals surface area contributed by atoms with Crippen LogP contribution in [0.1, 0.15) is 18.9 Å². The van der Waals surface area contributed by atoms with Gasteiger partial charge in [-0.3, -0.25) is 0 Å². The summed E-state index contributed by atoms with van der Waals surface area (Å²) in [6.45, 7) is 4.28. The maximum absolute atomic E-state index is 4.47. The molecule has 2 heterocycles. The van der Waals surface area contributed by atoms with Gasteiger partial charge in [0.1, 0.15) is 0 Å². The average molecular weight is 202 g/mol. The second-order valence-electron chi connectivity index (χ2n) is 4.36. The maximum atomic E-state index is 4.47. The van der Waals surface area contributed by atoms with Crippen LogP contribution < -0.4 is 5.32 Å². The molecule has 1 fully saturated rings. The largest absolute Gasteiger partial charge is 0.350 e. The van der Waals surface area contributed by atoms with Gasteiger partial charge in [0.05, 0.1) is 0 Å². The van der Waals surface area contributed by atoms with E-state index in [0.717, 1.165) is 23.1 Å². The van der Waals surface area contributed by atoms with Crippen molar-refractivity contribution in [3.8, 4) is 0 Å². The summed E-state index contributed by atoms with van der Waals surface area (Å²) >= 11 is 0. The van der Waals surface area contributed by atoms with Gasteiger partial charge in [-0.1, -0.05) is 13.0 Å². The molecule has 2 atom stereocenters. The summed E-state index contributed by atoms with van der Waals surface area (Å²) in [6.07, 6.45) is 3.16. The summed E-state index contributed by atoms with van der Waals surface area (Å²) in [5.74, 6) is 1.51. The molecule has 3 rings (SSSR count). The van der Waals surface area contributed by atoms with E-state index in [4.69, 9.17) is 0 Å². The number of fused-ring (bicyclic) bond motifs is 1. The average Bonchev–Trinajstić information content (AvgIpc) is 2.75. The summed E-state index contributed by atoms with van der Waals surface area (Å²) < 4.78 is 1.82. The second-order valence-corrected chi connectivity index (χ2v) is 4.36. The molecule has 0 spiro atoms. The lowest BCUT2D eigenvalue weighted by molar-refractivity contribution is 0.901. The van der Waals surface area contributed by atoms with E-state index in [2.05, 4.69) is 22.3 Å². The molecule has 4 nitrogen and oxygen atoms in total. The fourth-order valence-electron chi connectivity index (χ4n) is 1.79. The van der Waals surface area contributed by atoms with E-state index in [1.54, 1.807) is 0 Å². The Balaban J connectivity index is 1.96. The number of aryl methyl sites for hydroxylation is 1. The van der Waals surface area contributed by atoms with Crippen LogP contribution in [0.15, 0.2) is 18.3 Å². The SMILES string of the molecule is Cc1cccn2nc(NC3CC3C)nc12. The minimum atomic E-state index is 0.572. The summed E-state index contributed by atoms with van der Waals surface area (Å²) in [6, 6.07) is 4.61. The van der Waals surface area contributed by atoms with Crippen LogP contribution in [0.2, 0.25) is 0 Å². The third kappa shape index (κ3) is 1.46. The Morgan fingerprint density at radius 3 is 3.00 bits per heavy atom. The first-order valence-electron chi connectivity index (χ1n) is 5.32. The first-order chi connectivity index (χ1) is 7.24. The highest BCUT2D eigenvalue weighted by Crippen LogP contribution is 2.31. The van der Waals surface area contributed by atoms with Crippen molar-refractivity contribution in [3.63, 3.8) is 0 Å². The summed E-state index contributed by atoms with van der Waals surface area (Å²) in [7, 11) is 0. The molecule has 1 aliphatic rings. The number of nitrogens with zero attached hydrogens (tertiary/aromatic N) is 3. The van der Waals surface area contributed by atoms with Crippen LogP contribution in [0.25, 0.3) is 5.65 Å². The molecule has 1 saturated carbocycles. The molecule has 0 amide bonds. The lowest BCUT2D eigenvalue weighted by Gasteiger charge is -1.95. The lowest BCUT2D eigenvalue weighted by atomic mass is 10.3. The molecule has 4 heteroatoms. The molecular weight excluding hydrogens is 188 g/mol. The summed E-state index contributed by atoms with van der Waals surface area (Å²) in [5, 5.41) is 7.72. The van der Waals surface area contributed by atoms with Gasteiger partial charge in [0.25, 0.3) is 0 Å². The molecule has 0 aromatic carbocycles. The fraction of sp³-hybridized carbons (Fsp3) is 0.455. The minimum Gasteiger partial charge on any atom is -0.350 e. The molecule has 0 aliphatic heterocycles. The van der Waals surface area contributed by atoms with Crippen LogP contribution in [0.4, 0.5) is 5.95 Å². The van der Waals surface area contributed by atoms with Gasteiger partial charge in [0.2, 0.25) is 5.95 Å². The Labute approximate surface area is 88.3 Å². The van der Waals surface area contributed by atoms with Gasteiger partial charge >= 0.3 is 0 Å². The zero-order valence-corrected chi connectivity index (χ0v) is 8.94. The Hall–Kier alpha value is -1.58. The fourth-order valence-corrected chi connectivity index (χ4v) is 1.79. The zero-order chi connectivity index (χ0) is 10.4. The molecule has 1 aliphatic carbocycles. The molecule has 2 aromatic rings. The number of nitrogens with one attached hydrogen (secondary N) is 1. The highest BCUT2D eigenvalue weighted by atomic mass is 15.4. The molecule has 0 radical (unpaired) electrons. The number of rotatable bonds is 2. The highest BCUT2D eigenvalue weighted by molar-refractivity contribution is 5.50. The molecular formula is C11H14N4. The predicted octanol–water partition coefficient (Wildman–Crippen LogP) is 1.86. The van der Waals surface area contributed by atoms with Gasteiger partial charge in [-0.05, 0) is 30.9 Å². The van der Waals surface area contributed by atoms with Gasteiger partial charge in [-0.25, -0.2) is 4.52 Å². The first-order valence-corrected chi connectivity index (χ1v) is 5.32. The van der Waals surface area contributed by atoms with Gasteiger partial charge in [-0.2, -0.15) is 4.98 Å². The lowest BCUT2D eigenvalue weighted by Crippen LogP contribution is -2.04. The smallest absolute Gasteiger partial charge is 0.243 e. The van der Waals surface area contributed by atoms with E-state index in [0.29, 0.717) is 6.04 Å². The van der Waals surface area contributed by atoms with Crippen LogP contribution in [0, 0.1) is 12.8 Å². The number of hydrogen-bond donors (Lipinski definition) is 1. The molecule has 15 heavy (non-hydrogen) atoms. The highest BCUT2D eigenvalue weighted by Gasteiger charge is 2.33. The van der Waals surface area contributed by atoms with Gasteiger partial charge in [0.15, 0.2) is 5.65 Å². The van der Waals surface area contributed by atoms with Gasteiger partial charge in [0, 0.05) is 12.2 Å². The predicted molar refractivity (Wildman–Crippen MR) is 58.9 cm³/mol. The molecule has 0 bridgehead atoms. The van der Waals surface area contributed by atoms with Crippen molar-refractivity contribution in [3.05, 3.63) is 23.9 Å². The third-order valence-corrected chi connectivity index (χ3v) is 2.98. The standard InChI is InChI=1S/C11H14N4/c1-7-4-3-5-15-10(7)13-11(14-15)12-9-6-8(9)2/h3-5,8-9H,6H2,1-2H3,(H,12,14). The van der Waals surface area contributed by atoms with Gasteiger partial charge in [-0.15, -0.1) is 5.10 Å². The van der Waals surface area contributed by atoms with Crippen molar-refractivity contribution < 1.29 is 0 Å². The molecule has 78 valence electrons. The summed E-state index contributed by atoms with van der Waals surface area (Å²) in [5.41, 5.74) is 2.09. The van der Waals surface area contributed by atoms with Crippen LogP contribution >= 0.6 is 0 Å². The van der Waals surface area contributed by atoms with Gasteiger partial charge < -0.3 is 5.32 Å². The number of hydrogen-bond acceptors (Lipinski definition) is 3. The first kappa shape index (κ1) is 8.71. The van der Waals surface area contributed by atoms with E-state index < -0.39 is 0 Å². The Kier molecular flexibility index (Phi) is 1.71. The number of aromatic nitrogens is 3. The zero-order valence-electron chi connectivity index (χ0n) is 8.94. The molecule has 2 unspecified atom stereocenters. The topological polar surface area (TPSA) is 42.2 Å². The Morgan fingerprint density at radius 2 is 2.33 bits per heavy atom. The maximum Gasteiger partial charge on any atom is 0.243 e. The van der Waals surface area contributed by atoms with E-state index in [9.17, 15) is 0 Å². The normalized spacial score (nSPS) is 24.4. The van der Waals surface area contributed by atoms with Crippen molar-refractivity contribution in [1.82, 2.24) is 14.6 Å². The molecule has 2 aromatic heterocycles. The van der Waals surface area contributed by atoms with E-state index in [1.165, 1.54) is 6.42 Å². The third-order valence-electron chi connectivity index (χ3n) is 2.98. The minimum absolute atomic E-state index is 0.572. The monoisotopic (exact) mass is 202 g/mol. The molecule has 1 N–H and O–H groups in total. The van der Waals surface area contributed by atoms with Crippen molar-refractivity contribution in [2.45, 2.75) is 26.3 Å². The number of anilines is 1. The van der Waals surface area contributed by atoms with Crippen LogP contribution in [0.3, 0.4) is 0 Å². The Morgan fingerprint density at radius 1 is 1.53 bits per heavy atom. The van der Waals surface area contributed by atoms with Crippen molar-refractivity contribution in [2.75, 3.05) is 5.32 Å². The van der Waals surface area contributed by atoms with Crippen LogP contribution in [-0.2, 0) is 0 Å². The van der Waals surface area contributed by atoms with Crippen LogP contribution in [-0.4, -0.2) is 20.6 Å². The van der Waals surface area contributed by atoms with E-state index in [-0.39, 0.29) is 0 Å². The Bertz CT molecular complexity index is 502. The quantitative estimate of drug-likeness (QED) is 0.808. The van der Waals surface area contributed by atoms with E-state index in [1.807, 2.05) is 29.8 Å². The van der Waals surface area contributed by atoms with Crippen LogP contribution in [0.5, 0.6) is 0 Å². The van der Waals surface area contributed by atoms with Crippen molar-refractivity contribution in [1.29, 1.82) is 0 Å². The summed E-state index contributed by atoms with van der Waals surface area (Å²) in [4.78, 5) is 4.47.